The van der Waals surface area contributed by atoms with Crippen molar-refractivity contribution in [1.29, 1.82) is 0 Å². The highest BCUT2D eigenvalue weighted by Crippen LogP contribution is 2.40. The molecule has 0 saturated carbocycles. The molecule has 3 heterocycles. The van der Waals surface area contributed by atoms with Gasteiger partial charge in [-0.1, -0.05) is 24.3 Å². The molecule has 4 aromatic rings. The summed E-state index contributed by atoms with van der Waals surface area (Å²) in [4.78, 5) is 19.3. The van der Waals surface area contributed by atoms with Crippen LogP contribution in [-0.4, -0.2) is 27.4 Å². The zero-order chi connectivity index (χ0) is 25.1. The Hall–Kier alpha value is -4.04. The summed E-state index contributed by atoms with van der Waals surface area (Å²) in [6, 6.07) is 22.7. The number of nitrogens with zero attached hydrogens (tertiary/aromatic N) is 2. The first-order valence-corrected chi connectivity index (χ1v) is 12.1. The SMILES string of the molecule is Cc1ccccc1NC(=O)CCN1C(=S)NC(c2ccccn2)C1c1ccc(-c2ccc(F)cc2)o1. The first-order valence-electron chi connectivity index (χ1n) is 11.7. The Balaban J connectivity index is 1.40. The quantitative estimate of drug-likeness (QED) is 0.313. The van der Waals surface area contributed by atoms with E-state index in [0.717, 1.165) is 22.5 Å². The molecule has 2 aromatic carbocycles. The fourth-order valence-corrected chi connectivity index (χ4v) is 4.72. The number of hydrogen-bond donors (Lipinski definition) is 2. The minimum atomic E-state index is -0.312. The molecule has 1 aliphatic rings. The Labute approximate surface area is 214 Å². The second kappa shape index (κ2) is 10.3. The van der Waals surface area contributed by atoms with E-state index in [0.29, 0.717) is 23.2 Å². The maximum absolute atomic E-state index is 13.4. The van der Waals surface area contributed by atoms with Crippen LogP contribution in [0.5, 0.6) is 0 Å². The molecule has 1 aliphatic heterocycles. The molecule has 8 heteroatoms. The predicted octanol–water partition coefficient (Wildman–Crippen LogP) is 5.79. The van der Waals surface area contributed by atoms with Crippen LogP contribution in [0.15, 0.2) is 89.5 Å². The first-order chi connectivity index (χ1) is 17.5. The van der Waals surface area contributed by atoms with Gasteiger partial charge >= 0.3 is 0 Å². The number of para-hydroxylation sites is 1. The molecule has 2 atom stereocenters. The van der Waals surface area contributed by atoms with E-state index in [2.05, 4.69) is 15.6 Å². The second-order valence-electron chi connectivity index (χ2n) is 8.64. The number of carbonyl (C=O) groups is 1. The fourth-order valence-electron chi connectivity index (χ4n) is 4.38. The smallest absolute Gasteiger partial charge is 0.226 e. The largest absolute Gasteiger partial charge is 0.459 e. The highest BCUT2D eigenvalue weighted by atomic mass is 32.1. The maximum Gasteiger partial charge on any atom is 0.226 e. The molecule has 1 saturated heterocycles. The summed E-state index contributed by atoms with van der Waals surface area (Å²) in [5.74, 6) is 0.899. The third-order valence-electron chi connectivity index (χ3n) is 6.24. The van der Waals surface area contributed by atoms with E-state index in [1.165, 1.54) is 12.1 Å². The van der Waals surface area contributed by atoms with Gasteiger partial charge in [0, 0.05) is 30.4 Å². The monoisotopic (exact) mass is 500 g/mol. The number of pyridine rings is 1. The van der Waals surface area contributed by atoms with E-state index < -0.39 is 0 Å². The van der Waals surface area contributed by atoms with Crippen LogP contribution in [0.4, 0.5) is 10.1 Å². The lowest BCUT2D eigenvalue weighted by Crippen LogP contribution is -2.32. The number of rotatable bonds is 7. The predicted molar refractivity (Wildman–Crippen MR) is 141 cm³/mol. The van der Waals surface area contributed by atoms with E-state index >= 15 is 0 Å². The number of amides is 1. The molecule has 0 bridgehead atoms. The van der Waals surface area contributed by atoms with Crippen molar-refractivity contribution in [3.63, 3.8) is 0 Å². The Kier molecular flexibility index (Phi) is 6.77. The highest BCUT2D eigenvalue weighted by molar-refractivity contribution is 7.80. The zero-order valence-electron chi connectivity index (χ0n) is 19.6. The van der Waals surface area contributed by atoms with E-state index in [4.69, 9.17) is 16.6 Å². The van der Waals surface area contributed by atoms with Gasteiger partial charge < -0.3 is 20.0 Å². The van der Waals surface area contributed by atoms with E-state index in [9.17, 15) is 9.18 Å². The summed E-state index contributed by atoms with van der Waals surface area (Å²) in [6.45, 7) is 2.35. The van der Waals surface area contributed by atoms with Crippen molar-refractivity contribution in [1.82, 2.24) is 15.2 Å². The normalized spacial score (nSPS) is 17.2. The van der Waals surface area contributed by atoms with Gasteiger partial charge in [0.2, 0.25) is 5.91 Å². The molecular formula is C28H25FN4O2S. The third-order valence-corrected chi connectivity index (χ3v) is 6.60. The molecule has 2 unspecified atom stereocenters. The van der Waals surface area contributed by atoms with Crippen molar-refractivity contribution in [2.75, 3.05) is 11.9 Å². The summed E-state index contributed by atoms with van der Waals surface area (Å²) in [5.41, 5.74) is 3.38. The van der Waals surface area contributed by atoms with Crippen LogP contribution in [0.3, 0.4) is 0 Å². The molecule has 2 N–H and O–H groups in total. The van der Waals surface area contributed by atoms with Crippen molar-refractivity contribution in [3.8, 4) is 11.3 Å². The van der Waals surface area contributed by atoms with Gasteiger partial charge in [-0.05, 0) is 79.3 Å². The van der Waals surface area contributed by atoms with Gasteiger partial charge in [0.25, 0.3) is 0 Å². The van der Waals surface area contributed by atoms with Gasteiger partial charge in [-0.25, -0.2) is 4.39 Å². The Morgan fingerprint density at radius 2 is 1.86 bits per heavy atom. The van der Waals surface area contributed by atoms with Gasteiger partial charge in [-0.2, -0.15) is 0 Å². The van der Waals surface area contributed by atoms with Crippen LogP contribution < -0.4 is 10.6 Å². The third kappa shape index (κ3) is 4.99. The molecule has 36 heavy (non-hydrogen) atoms. The number of halogens is 1. The number of thiocarbonyl (C=S) groups is 1. The van der Waals surface area contributed by atoms with Crippen LogP contribution in [0.2, 0.25) is 0 Å². The lowest BCUT2D eigenvalue weighted by atomic mass is 10.0. The minimum absolute atomic E-state index is 0.0985. The van der Waals surface area contributed by atoms with Gasteiger partial charge in [0.05, 0.1) is 11.7 Å². The number of nitrogens with one attached hydrogen (secondary N) is 2. The average Bonchev–Trinajstić information content (AvgIpc) is 3.50. The van der Waals surface area contributed by atoms with E-state index in [-0.39, 0.29) is 30.2 Å². The molecule has 1 fully saturated rings. The molecule has 0 aliphatic carbocycles. The average molecular weight is 501 g/mol. The minimum Gasteiger partial charge on any atom is -0.459 e. The zero-order valence-corrected chi connectivity index (χ0v) is 20.5. The molecule has 6 nitrogen and oxygen atoms in total. The lowest BCUT2D eigenvalue weighted by molar-refractivity contribution is -0.116. The summed E-state index contributed by atoms with van der Waals surface area (Å²) < 4.78 is 19.6. The molecule has 1 amide bonds. The molecule has 5 rings (SSSR count). The summed E-state index contributed by atoms with van der Waals surface area (Å²) in [7, 11) is 0. The van der Waals surface area contributed by atoms with Crippen molar-refractivity contribution in [2.24, 2.45) is 0 Å². The second-order valence-corrected chi connectivity index (χ2v) is 9.03. The number of carbonyl (C=O) groups excluding carboxylic acids is 1. The van der Waals surface area contributed by atoms with Crippen LogP contribution in [0.1, 0.15) is 35.5 Å². The molecular weight excluding hydrogens is 475 g/mol. The number of hydrogen-bond acceptors (Lipinski definition) is 4. The standard InChI is InChI=1S/C28H25FN4O2S/c1-18-6-2-3-7-21(18)31-25(34)15-17-33-27(26(32-28(33)36)22-8-4-5-16-30-22)24-14-13-23(35-24)19-9-11-20(29)12-10-19/h2-14,16,26-27H,15,17H2,1H3,(H,31,34)(H,32,36). The van der Waals surface area contributed by atoms with Crippen LogP contribution in [0.25, 0.3) is 11.3 Å². The van der Waals surface area contributed by atoms with Crippen molar-refractivity contribution >= 4 is 28.9 Å². The van der Waals surface area contributed by atoms with Crippen molar-refractivity contribution in [2.45, 2.75) is 25.4 Å². The van der Waals surface area contributed by atoms with Crippen LogP contribution >= 0.6 is 12.2 Å². The van der Waals surface area contributed by atoms with Crippen molar-refractivity contribution < 1.29 is 13.6 Å². The molecule has 182 valence electrons. The van der Waals surface area contributed by atoms with Gasteiger partial charge in [-0.3, -0.25) is 9.78 Å². The lowest BCUT2D eigenvalue weighted by Gasteiger charge is -2.26. The Bertz CT molecular complexity index is 1370. The topological polar surface area (TPSA) is 70.4 Å². The number of aryl methyl sites for hydroxylation is 1. The first kappa shape index (κ1) is 23.7. The number of benzene rings is 2. The Morgan fingerprint density at radius 1 is 1.08 bits per heavy atom. The maximum atomic E-state index is 13.4. The number of aromatic nitrogens is 1. The molecule has 2 aromatic heterocycles. The summed E-state index contributed by atoms with van der Waals surface area (Å²) in [6.07, 6.45) is 1.98. The summed E-state index contributed by atoms with van der Waals surface area (Å²) in [5, 5.41) is 6.87. The van der Waals surface area contributed by atoms with Crippen LogP contribution in [-0.2, 0) is 4.79 Å². The van der Waals surface area contributed by atoms with E-state index in [1.54, 1.807) is 18.3 Å². The van der Waals surface area contributed by atoms with Gasteiger partial charge in [0.15, 0.2) is 5.11 Å². The number of anilines is 1. The van der Waals surface area contributed by atoms with Crippen LogP contribution in [0, 0.1) is 12.7 Å². The summed E-state index contributed by atoms with van der Waals surface area (Å²) >= 11 is 5.68. The molecule has 0 radical (unpaired) electrons. The Morgan fingerprint density at radius 3 is 2.61 bits per heavy atom. The highest BCUT2D eigenvalue weighted by Gasteiger charge is 2.41. The van der Waals surface area contributed by atoms with E-state index in [1.807, 2.05) is 66.4 Å². The fraction of sp³-hybridized carbons (Fsp3) is 0.179. The molecule has 0 spiro atoms. The van der Waals surface area contributed by atoms with Crippen molar-refractivity contribution in [3.05, 3.63) is 108 Å². The van der Waals surface area contributed by atoms with Gasteiger partial charge in [-0.15, -0.1) is 0 Å². The number of furan rings is 1. The van der Waals surface area contributed by atoms with Gasteiger partial charge in [0.1, 0.15) is 23.4 Å².